The summed E-state index contributed by atoms with van der Waals surface area (Å²) in [4.78, 5) is 25.5. The van der Waals surface area contributed by atoms with Gasteiger partial charge >= 0.3 is 6.18 Å². The minimum Gasteiger partial charge on any atom is -0.335 e. The SMILES string of the molecule is O=C(CCCc1cc(F)c(F)cc1F)N1CCn2c(C(F)(F)F)nc(-c3cncnc3)c2C1. The number of carbonyl (C=O) groups is 1. The van der Waals surface area contributed by atoms with Crippen LogP contribution in [-0.2, 0) is 30.5 Å². The van der Waals surface area contributed by atoms with Crippen LogP contribution in [0.2, 0.25) is 0 Å². The Bertz CT molecular complexity index is 1180. The lowest BCUT2D eigenvalue weighted by molar-refractivity contribution is -0.148. The third-order valence-corrected chi connectivity index (χ3v) is 5.37. The Morgan fingerprint density at radius 1 is 1.00 bits per heavy atom. The van der Waals surface area contributed by atoms with Gasteiger partial charge in [-0.2, -0.15) is 13.2 Å². The minimum atomic E-state index is -4.68. The van der Waals surface area contributed by atoms with E-state index in [1.54, 1.807) is 0 Å². The quantitative estimate of drug-likeness (QED) is 0.416. The van der Waals surface area contributed by atoms with Gasteiger partial charge in [0, 0.05) is 43.5 Å². The van der Waals surface area contributed by atoms with Crippen LogP contribution in [0.25, 0.3) is 11.3 Å². The Balaban J connectivity index is 1.49. The number of fused-ring (bicyclic) bond motifs is 1. The lowest BCUT2D eigenvalue weighted by Crippen LogP contribution is -2.39. The Morgan fingerprint density at radius 2 is 1.70 bits per heavy atom. The van der Waals surface area contributed by atoms with Crippen LogP contribution in [-0.4, -0.2) is 36.9 Å². The van der Waals surface area contributed by atoms with Crippen molar-refractivity contribution in [3.63, 3.8) is 0 Å². The van der Waals surface area contributed by atoms with E-state index in [1.807, 2.05) is 0 Å². The summed E-state index contributed by atoms with van der Waals surface area (Å²) in [6.07, 6.45) is -0.635. The Kier molecular flexibility index (Phi) is 6.09. The van der Waals surface area contributed by atoms with Crippen molar-refractivity contribution in [2.75, 3.05) is 6.54 Å². The van der Waals surface area contributed by atoms with Crippen LogP contribution >= 0.6 is 0 Å². The summed E-state index contributed by atoms with van der Waals surface area (Å²) in [5, 5.41) is 0. The van der Waals surface area contributed by atoms with Crippen LogP contribution in [0.15, 0.2) is 30.9 Å². The molecule has 1 aliphatic rings. The van der Waals surface area contributed by atoms with Gasteiger partial charge in [-0.15, -0.1) is 0 Å². The number of alkyl halides is 3. The highest BCUT2D eigenvalue weighted by atomic mass is 19.4. The highest BCUT2D eigenvalue weighted by Gasteiger charge is 2.40. The van der Waals surface area contributed by atoms with Crippen LogP contribution < -0.4 is 0 Å². The molecule has 6 nitrogen and oxygen atoms in total. The number of rotatable bonds is 5. The maximum Gasteiger partial charge on any atom is 0.449 e. The Morgan fingerprint density at radius 3 is 2.39 bits per heavy atom. The first-order valence-corrected chi connectivity index (χ1v) is 9.98. The van der Waals surface area contributed by atoms with Gasteiger partial charge in [-0.05, 0) is 24.5 Å². The maximum atomic E-state index is 13.8. The predicted octanol–water partition coefficient (Wildman–Crippen LogP) is 4.14. The van der Waals surface area contributed by atoms with Gasteiger partial charge in [0.05, 0.1) is 17.9 Å². The molecule has 3 aromatic rings. The smallest absolute Gasteiger partial charge is 0.335 e. The number of aromatic nitrogens is 4. The number of halogens is 6. The van der Waals surface area contributed by atoms with Crippen LogP contribution in [0.3, 0.4) is 0 Å². The molecule has 12 heteroatoms. The van der Waals surface area contributed by atoms with E-state index >= 15 is 0 Å². The lowest BCUT2D eigenvalue weighted by Gasteiger charge is -2.30. The molecule has 0 fully saturated rings. The second-order valence-corrected chi connectivity index (χ2v) is 7.53. The average molecular weight is 469 g/mol. The highest BCUT2D eigenvalue weighted by molar-refractivity contribution is 5.76. The molecule has 3 heterocycles. The number of hydrogen-bond donors (Lipinski definition) is 0. The number of hydrogen-bond acceptors (Lipinski definition) is 4. The molecule has 1 aromatic carbocycles. The number of carbonyl (C=O) groups excluding carboxylic acids is 1. The first kappa shape index (κ1) is 22.7. The second-order valence-electron chi connectivity index (χ2n) is 7.53. The van der Waals surface area contributed by atoms with Crippen molar-refractivity contribution >= 4 is 5.91 Å². The minimum absolute atomic E-state index is 0.00533. The number of amides is 1. The first-order valence-electron chi connectivity index (χ1n) is 9.98. The standard InChI is InChI=1S/C21H17F6N5O/c22-14-7-16(24)15(23)6-12(14)2-1-3-18(33)31-4-5-32-17(10-31)19(13-8-28-11-29-9-13)30-20(32)21(25,26)27/h6-9,11H,1-5,10H2. The molecule has 0 radical (unpaired) electrons. The van der Waals surface area contributed by atoms with Gasteiger partial charge in [0.15, 0.2) is 11.6 Å². The molecule has 4 rings (SSSR count). The summed E-state index contributed by atoms with van der Waals surface area (Å²) in [7, 11) is 0. The molecule has 0 atom stereocenters. The van der Waals surface area contributed by atoms with Crippen LogP contribution in [0, 0.1) is 17.5 Å². The predicted molar refractivity (Wildman–Crippen MR) is 103 cm³/mol. The van der Waals surface area contributed by atoms with Crippen molar-refractivity contribution in [2.45, 2.75) is 38.5 Å². The van der Waals surface area contributed by atoms with Gasteiger partial charge < -0.3 is 9.47 Å². The van der Waals surface area contributed by atoms with Gasteiger partial charge in [0.25, 0.3) is 0 Å². The molecule has 0 aliphatic carbocycles. The third kappa shape index (κ3) is 4.69. The van der Waals surface area contributed by atoms with E-state index in [-0.39, 0.29) is 61.8 Å². The zero-order valence-corrected chi connectivity index (χ0v) is 17.0. The van der Waals surface area contributed by atoms with E-state index in [1.165, 1.54) is 23.6 Å². The molecule has 0 N–H and O–H groups in total. The number of nitrogens with zero attached hydrogens (tertiary/aromatic N) is 5. The van der Waals surface area contributed by atoms with Crippen LogP contribution in [0.5, 0.6) is 0 Å². The Hall–Kier alpha value is -3.44. The van der Waals surface area contributed by atoms with Gasteiger partial charge in [-0.25, -0.2) is 28.1 Å². The summed E-state index contributed by atoms with van der Waals surface area (Å²) in [5.74, 6) is -4.79. The van der Waals surface area contributed by atoms with E-state index in [9.17, 15) is 31.1 Å². The molecule has 1 aliphatic heterocycles. The first-order chi connectivity index (χ1) is 15.6. The largest absolute Gasteiger partial charge is 0.449 e. The summed E-state index contributed by atoms with van der Waals surface area (Å²) >= 11 is 0. The molecule has 33 heavy (non-hydrogen) atoms. The molecule has 2 aromatic heterocycles. The van der Waals surface area contributed by atoms with Crippen molar-refractivity contribution in [2.24, 2.45) is 0 Å². The van der Waals surface area contributed by atoms with Crippen LogP contribution in [0.1, 0.15) is 29.9 Å². The highest BCUT2D eigenvalue weighted by Crippen LogP contribution is 2.35. The Labute approximate surface area is 183 Å². The summed E-state index contributed by atoms with van der Waals surface area (Å²) in [6, 6.07) is 1.20. The van der Waals surface area contributed by atoms with Crippen molar-refractivity contribution in [3.8, 4) is 11.3 Å². The third-order valence-electron chi connectivity index (χ3n) is 5.37. The molecular weight excluding hydrogens is 452 g/mol. The maximum absolute atomic E-state index is 13.8. The fraction of sp³-hybridized carbons (Fsp3) is 0.333. The number of benzene rings is 1. The zero-order valence-electron chi connectivity index (χ0n) is 17.0. The number of imidazole rings is 1. The molecule has 0 saturated heterocycles. The lowest BCUT2D eigenvalue weighted by atomic mass is 10.1. The topological polar surface area (TPSA) is 63.9 Å². The van der Waals surface area contributed by atoms with Gasteiger partial charge in [-0.1, -0.05) is 0 Å². The van der Waals surface area contributed by atoms with E-state index in [4.69, 9.17) is 0 Å². The summed E-state index contributed by atoms with van der Waals surface area (Å²) in [5.41, 5.74) is 0.493. The molecule has 1 amide bonds. The molecule has 0 saturated carbocycles. The second kappa shape index (κ2) is 8.83. The van der Waals surface area contributed by atoms with Crippen molar-refractivity contribution in [3.05, 3.63) is 65.4 Å². The van der Waals surface area contributed by atoms with Gasteiger partial charge in [0.1, 0.15) is 12.1 Å². The van der Waals surface area contributed by atoms with Crippen molar-refractivity contribution in [1.29, 1.82) is 0 Å². The fourth-order valence-corrected chi connectivity index (χ4v) is 3.79. The summed E-state index contributed by atoms with van der Waals surface area (Å²) < 4.78 is 81.7. The molecule has 0 bridgehead atoms. The molecule has 0 spiro atoms. The van der Waals surface area contributed by atoms with Crippen molar-refractivity contribution in [1.82, 2.24) is 24.4 Å². The van der Waals surface area contributed by atoms with Gasteiger partial charge in [0.2, 0.25) is 11.7 Å². The number of aryl methyl sites for hydroxylation is 1. The monoisotopic (exact) mass is 469 g/mol. The van der Waals surface area contributed by atoms with Crippen LogP contribution in [0.4, 0.5) is 26.3 Å². The fourth-order valence-electron chi connectivity index (χ4n) is 3.79. The van der Waals surface area contributed by atoms with Gasteiger partial charge in [-0.3, -0.25) is 4.79 Å². The van der Waals surface area contributed by atoms with E-state index in [0.29, 0.717) is 11.6 Å². The molecular formula is C21H17F6N5O. The molecule has 174 valence electrons. The normalized spacial score (nSPS) is 13.8. The van der Waals surface area contributed by atoms with E-state index in [0.717, 1.165) is 10.6 Å². The zero-order chi connectivity index (χ0) is 23.8. The molecule has 0 unspecified atom stereocenters. The van der Waals surface area contributed by atoms with E-state index < -0.39 is 29.5 Å². The van der Waals surface area contributed by atoms with Crippen molar-refractivity contribution < 1.29 is 31.1 Å². The summed E-state index contributed by atoms with van der Waals surface area (Å²) in [6.45, 7) is -0.171. The van der Waals surface area contributed by atoms with E-state index in [2.05, 4.69) is 15.0 Å². The average Bonchev–Trinajstić information content (AvgIpc) is 3.17.